The number of nitrogens with one attached hydrogen (secondary N) is 1. The summed E-state index contributed by atoms with van der Waals surface area (Å²) >= 11 is 0. The molecule has 1 rings (SSSR count). The number of carboxylic acid groups (broad SMARTS) is 1. The van der Waals surface area contributed by atoms with Gasteiger partial charge in [0.25, 0.3) is 5.91 Å². The maximum absolute atomic E-state index is 11.5. The highest BCUT2D eigenvalue weighted by Crippen LogP contribution is 2.02. The quantitative estimate of drug-likeness (QED) is 0.702. The monoisotopic (exact) mass is 240 g/mol. The van der Waals surface area contributed by atoms with Crippen LogP contribution in [-0.2, 0) is 4.79 Å². The van der Waals surface area contributed by atoms with Crippen LogP contribution >= 0.6 is 0 Å². The van der Waals surface area contributed by atoms with Crippen LogP contribution in [0.3, 0.4) is 0 Å². The van der Waals surface area contributed by atoms with Crippen molar-refractivity contribution in [3.63, 3.8) is 0 Å². The molecule has 0 saturated heterocycles. The van der Waals surface area contributed by atoms with Gasteiger partial charge in [-0.3, -0.25) is 9.59 Å². The zero-order chi connectivity index (χ0) is 12.7. The zero-order valence-corrected chi connectivity index (χ0v) is 9.73. The van der Waals surface area contributed by atoms with E-state index < -0.39 is 5.97 Å². The molecule has 0 fully saturated rings. The van der Waals surface area contributed by atoms with Gasteiger partial charge in [-0.25, -0.2) is 0 Å². The summed E-state index contributed by atoms with van der Waals surface area (Å²) in [5, 5.41) is 14.7. The number of carbonyl (C=O) groups excluding carboxylic acids is 1. The summed E-state index contributed by atoms with van der Waals surface area (Å²) in [4.78, 5) is 21.7. The average Bonchev–Trinajstić information content (AvgIpc) is 2.69. The fraction of sp³-hybridized carbons (Fsp3) is 0.545. The molecule has 0 saturated carbocycles. The number of unbranched alkanes of at least 4 members (excludes halogenated alkanes) is 2. The Morgan fingerprint density at radius 2 is 2.18 bits per heavy atom. The molecule has 0 aromatic carbocycles. The van der Waals surface area contributed by atoms with E-state index in [-0.39, 0.29) is 18.0 Å². The van der Waals surface area contributed by atoms with Gasteiger partial charge in [0.2, 0.25) is 0 Å². The standard InChI is InChI=1S/C11H16N2O4/c1-8-7-9(13-17-8)11(16)12-6-4-2-3-5-10(14)15/h7H,2-6H2,1H3,(H,12,16)(H,14,15). The Hall–Kier alpha value is -1.85. The number of carboxylic acids is 1. The molecule has 0 aliphatic heterocycles. The van der Waals surface area contributed by atoms with Gasteiger partial charge in [-0.1, -0.05) is 11.6 Å². The Morgan fingerprint density at radius 3 is 2.76 bits per heavy atom. The SMILES string of the molecule is Cc1cc(C(=O)NCCCCCC(=O)O)no1. The Bertz CT molecular complexity index is 387. The smallest absolute Gasteiger partial charge is 0.303 e. The highest BCUT2D eigenvalue weighted by Gasteiger charge is 2.09. The van der Waals surface area contributed by atoms with E-state index in [4.69, 9.17) is 9.63 Å². The number of aryl methyl sites for hydroxylation is 1. The molecular formula is C11H16N2O4. The van der Waals surface area contributed by atoms with Crippen LogP contribution in [0, 0.1) is 6.92 Å². The average molecular weight is 240 g/mol. The summed E-state index contributed by atoms with van der Waals surface area (Å²) in [6.45, 7) is 2.24. The molecule has 1 aromatic heterocycles. The minimum absolute atomic E-state index is 0.177. The van der Waals surface area contributed by atoms with Gasteiger partial charge in [-0.15, -0.1) is 0 Å². The fourth-order valence-corrected chi connectivity index (χ4v) is 1.34. The lowest BCUT2D eigenvalue weighted by Gasteiger charge is -2.01. The van der Waals surface area contributed by atoms with Crippen molar-refractivity contribution >= 4 is 11.9 Å². The molecule has 94 valence electrons. The third kappa shape index (κ3) is 5.14. The molecular weight excluding hydrogens is 224 g/mol. The van der Waals surface area contributed by atoms with Crippen LogP contribution in [0.25, 0.3) is 0 Å². The van der Waals surface area contributed by atoms with Crippen molar-refractivity contribution in [2.24, 2.45) is 0 Å². The number of hydrogen-bond donors (Lipinski definition) is 2. The predicted molar refractivity (Wildman–Crippen MR) is 59.7 cm³/mol. The number of rotatable bonds is 7. The van der Waals surface area contributed by atoms with E-state index in [1.165, 1.54) is 0 Å². The Kier molecular flexibility index (Phi) is 5.19. The summed E-state index contributed by atoms with van der Waals surface area (Å²) in [5.74, 6) is -0.455. The van der Waals surface area contributed by atoms with E-state index in [1.807, 2.05) is 0 Å². The second kappa shape index (κ2) is 6.67. The van der Waals surface area contributed by atoms with Crippen molar-refractivity contribution in [1.82, 2.24) is 10.5 Å². The van der Waals surface area contributed by atoms with Gasteiger partial charge in [0.1, 0.15) is 5.76 Å². The molecule has 17 heavy (non-hydrogen) atoms. The number of amides is 1. The van der Waals surface area contributed by atoms with Crippen molar-refractivity contribution in [3.8, 4) is 0 Å². The zero-order valence-electron chi connectivity index (χ0n) is 9.73. The molecule has 0 aliphatic rings. The predicted octanol–water partition coefficient (Wildman–Crippen LogP) is 1.36. The Balaban J connectivity index is 2.11. The minimum Gasteiger partial charge on any atom is -0.481 e. The van der Waals surface area contributed by atoms with Crippen LogP contribution in [0.5, 0.6) is 0 Å². The summed E-state index contributed by atoms with van der Waals surface area (Å²) in [5.41, 5.74) is 0.271. The van der Waals surface area contributed by atoms with Crippen molar-refractivity contribution in [1.29, 1.82) is 0 Å². The second-order valence-electron chi connectivity index (χ2n) is 3.78. The highest BCUT2D eigenvalue weighted by atomic mass is 16.5. The Morgan fingerprint density at radius 1 is 1.41 bits per heavy atom. The van der Waals surface area contributed by atoms with Crippen LogP contribution < -0.4 is 5.32 Å². The van der Waals surface area contributed by atoms with E-state index in [9.17, 15) is 9.59 Å². The first-order valence-corrected chi connectivity index (χ1v) is 5.53. The molecule has 0 spiro atoms. The van der Waals surface area contributed by atoms with Crippen LogP contribution in [0.4, 0.5) is 0 Å². The number of carbonyl (C=O) groups is 2. The van der Waals surface area contributed by atoms with Gasteiger partial charge < -0.3 is 14.9 Å². The molecule has 6 nitrogen and oxygen atoms in total. The van der Waals surface area contributed by atoms with Crippen molar-refractivity contribution < 1.29 is 19.2 Å². The van der Waals surface area contributed by atoms with Crippen molar-refractivity contribution in [3.05, 3.63) is 17.5 Å². The van der Waals surface area contributed by atoms with Gasteiger partial charge >= 0.3 is 5.97 Å². The summed E-state index contributed by atoms with van der Waals surface area (Å²) < 4.78 is 4.78. The molecule has 2 N–H and O–H groups in total. The van der Waals surface area contributed by atoms with Crippen LogP contribution in [0.2, 0.25) is 0 Å². The van der Waals surface area contributed by atoms with Crippen LogP contribution in [0.1, 0.15) is 41.9 Å². The third-order valence-corrected chi connectivity index (χ3v) is 2.21. The summed E-state index contributed by atoms with van der Waals surface area (Å²) in [6, 6.07) is 1.57. The van der Waals surface area contributed by atoms with E-state index in [0.717, 1.165) is 12.8 Å². The number of aromatic nitrogens is 1. The van der Waals surface area contributed by atoms with E-state index in [1.54, 1.807) is 13.0 Å². The normalized spacial score (nSPS) is 10.2. The number of nitrogens with zero attached hydrogens (tertiary/aromatic N) is 1. The minimum atomic E-state index is -0.785. The van der Waals surface area contributed by atoms with Gasteiger partial charge in [0.15, 0.2) is 5.69 Å². The lowest BCUT2D eigenvalue weighted by Crippen LogP contribution is -2.24. The molecule has 6 heteroatoms. The maximum Gasteiger partial charge on any atom is 0.303 e. The second-order valence-corrected chi connectivity index (χ2v) is 3.78. The van der Waals surface area contributed by atoms with Crippen LogP contribution in [0.15, 0.2) is 10.6 Å². The topological polar surface area (TPSA) is 92.4 Å². The van der Waals surface area contributed by atoms with Gasteiger partial charge in [0, 0.05) is 19.0 Å². The largest absolute Gasteiger partial charge is 0.481 e. The van der Waals surface area contributed by atoms with E-state index >= 15 is 0 Å². The van der Waals surface area contributed by atoms with Gasteiger partial charge in [-0.2, -0.15) is 0 Å². The summed E-state index contributed by atoms with van der Waals surface area (Å²) in [7, 11) is 0. The van der Waals surface area contributed by atoms with E-state index in [0.29, 0.717) is 18.7 Å². The first kappa shape index (κ1) is 13.2. The molecule has 0 bridgehead atoms. The highest BCUT2D eigenvalue weighted by molar-refractivity contribution is 5.92. The van der Waals surface area contributed by atoms with Crippen molar-refractivity contribution in [2.45, 2.75) is 32.6 Å². The van der Waals surface area contributed by atoms with Crippen LogP contribution in [-0.4, -0.2) is 28.7 Å². The molecule has 0 atom stereocenters. The first-order chi connectivity index (χ1) is 8.09. The summed E-state index contributed by atoms with van der Waals surface area (Å²) in [6.07, 6.45) is 2.35. The lowest BCUT2D eigenvalue weighted by atomic mass is 10.2. The molecule has 0 radical (unpaired) electrons. The molecule has 0 unspecified atom stereocenters. The van der Waals surface area contributed by atoms with E-state index in [2.05, 4.69) is 10.5 Å². The first-order valence-electron chi connectivity index (χ1n) is 5.53. The van der Waals surface area contributed by atoms with Gasteiger partial charge in [-0.05, 0) is 19.8 Å². The van der Waals surface area contributed by atoms with Gasteiger partial charge in [0.05, 0.1) is 0 Å². The molecule has 1 heterocycles. The lowest BCUT2D eigenvalue weighted by molar-refractivity contribution is -0.137. The molecule has 0 aliphatic carbocycles. The third-order valence-electron chi connectivity index (χ3n) is 2.21. The molecule has 1 aromatic rings. The maximum atomic E-state index is 11.5. The molecule has 1 amide bonds. The fourth-order valence-electron chi connectivity index (χ4n) is 1.34. The Labute approximate surface area is 99.0 Å². The number of aliphatic carboxylic acids is 1. The van der Waals surface area contributed by atoms with Crippen molar-refractivity contribution in [2.75, 3.05) is 6.54 Å². The number of hydrogen-bond acceptors (Lipinski definition) is 4.